The number of carbonyl (C=O) groups excluding carboxylic acids is 2. The van der Waals surface area contributed by atoms with Crippen LogP contribution in [0.4, 0.5) is 5.69 Å². The molecule has 2 aromatic carbocycles. The lowest BCUT2D eigenvalue weighted by Gasteiger charge is -2.18. The van der Waals surface area contributed by atoms with Gasteiger partial charge in [0.05, 0.1) is 16.1 Å². The number of primary amides is 1. The second-order valence-electron chi connectivity index (χ2n) is 5.48. The Morgan fingerprint density at radius 3 is 2.12 bits per heavy atom. The highest BCUT2D eigenvalue weighted by Gasteiger charge is 2.21. The van der Waals surface area contributed by atoms with Gasteiger partial charge in [-0.15, -0.1) is 0 Å². The van der Waals surface area contributed by atoms with Crippen molar-refractivity contribution in [1.82, 2.24) is 4.31 Å². The van der Waals surface area contributed by atoms with Crippen LogP contribution in [0.15, 0.2) is 53.4 Å². The first kappa shape index (κ1) is 19.6. The second-order valence-corrected chi connectivity index (χ2v) is 7.42. The zero-order valence-corrected chi connectivity index (χ0v) is 15.4. The van der Waals surface area contributed by atoms with E-state index in [1.165, 1.54) is 34.6 Å². The Bertz CT molecular complexity index is 904. The molecule has 0 spiro atoms. The summed E-state index contributed by atoms with van der Waals surface area (Å²) in [6.07, 6.45) is 0. The predicted molar refractivity (Wildman–Crippen MR) is 99.5 cm³/mol. The molecule has 26 heavy (non-hydrogen) atoms. The van der Waals surface area contributed by atoms with Gasteiger partial charge in [0.15, 0.2) is 0 Å². The molecular weight excluding hydrogens is 354 g/mol. The van der Waals surface area contributed by atoms with Crippen molar-refractivity contribution in [2.75, 3.05) is 18.4 Å². The molecule has 0 heterocycles. The molecule has 7 nitrogen and oxygen atoms in total. The van der Waals surface area contributed by atoms with Gasteiger partial charge in [0.1, 0.15) is 0 Å². The molecule has 8 heteroatoms. The van der Waals surface area contributed by atoms with Crippen molar-refractivity contribution in [2.24, 2.45) is 5.73 Å². The first-order valence-corrected chi connectivity index (χ1v) is 9.55. The molecule has 0 aromatic heterocycles. The van der Waals surface area contributed by atoms with Gasteiger partial charge < -0.3 is 11.1 Å². The quantitative estimate of drug-likeness (QED) is 0.772. The number of carbonyl (C=O) groups is 2. The fraction of sp³-hybridized carbons (Fsp3) is 0.222. The van der Waals surface area contributed by atoms with Crippen LogP contribution in [0.5, 0.6) is 0 Å². The third kappa shape index (κ3) is 4.09. The number of para-hydroxylation sites is 1. The number of rotatable bonds is 7. The van der Waals surface area contributed by atoms with Crippen LogP contribution in [0.25, 0.3) is 0 Å². The van der Waals surface area contributed by atoms with Crippen LogP contribution in [0.2, 0.25) is 0 Å². The zero-order chi connectivity index (χ0) is 19.3. The van der Waals surface area contributed by atoms with E-state index in [1.807, 2.05) is 0 Å². The van der Waals surface area contributed by atoms with Crippen molar-refractivity contribution in [3.05, 3.63) is 59.7 Å². The molecule has 138 valence electrons. The highest BCUT2D eigenvalue weighted by molar-refractivity contribution is 7.89. The van der Waals surface area contributed by atoms with Gasteiger partial charge in [-0.25, -0.2) is 8.42 Å². The lowest BCUT2D eigenvalue weighted by molar-refractivity contribution is 0.100. The van der Waals surface area contributed by atoms with E-state index in [9.17, 15) is 18.0 Å². The molecule has 0 aliphatic carbocycles. The van der Waals surface area contributed by atoms with E-state index in [0.29, 0.717) is 18.8 Å². The van der Waals surface area contributed by atoms with Gasteiger partial charge >= 0.3 is 0 Å². The lowest BCUT2D eigenvalue weighted by atomic mass is 10.1. The van der Waals surface area contributed by atoms with Gasteiger partial charge in [0.25, 0.3) is 11.8 Å². The van der Waals surface area contributed by atoms with Gasteiger partial charge in [0.2, 0.25) is 10.0 Å². The molecule has 0 aliphatic heterocycles. The third-order valence-corrected chi connectivity index (χ3v) is 5.96. The molecule has 2 rings (SSSR count). The Hall–Kier alpha value is -2.71. The first-order chi connectivity index (χ1) is 12.3. The number of nitrogens with one attached hydrogen (secondary N) is 1. The average Bonchev–Trinajstić information content (AvgIpc) is 2.63. The SMILES string of the molecule is CCN(CC)S(=O)(=O)c1ccc(C(=O)Nc2ccccc2C(N)=O)cc1. The summed E-state index contributed by atoms with van der Waals surface area (Å²) >= 11 is 0. The van der Waals surface area contributed by atoms with E-state index in [0.717, 1.165) is 0 Å². The molecule has 3 N–H and O–H groups in total. The highest BCUT2D eigenvalue weighted by Crippen LogP contribution is 2.18. The minimum Gasteiger partial charge on any atom is -0.366 e. The Kier molecular flexibility index (Phi) is 6.12. The van der Waals surface area contributed by atoms with E-state index in [2.05, 4.69) is 5.32 Å². The molecule has 0 radical (unpaired) electrons. The topological polar surface area (TPSA) is 110 Å². The Morgan fingerprint density at radius 1 is 1.00 bits per heavy atom. The first-order valence-electron chi connectivity index (χ1n) is 8.11. The monoisotopic (exact) mass is 375 g/mol. The number of benzene rings is 2. The van der Waals surface area contributed by atoms with Crippen LogP contribution in [0.1, 0.15) is 34.6 Å². The zero-order valence-electron chi connectivity index (χ0n) is 14.6. The molecule has 0 saturated carbocycles. The normalized spacial score (nSPS) is 11.3. The maximum Gasteiger partial charge on any atom is 0.255 e. The van der Waals surface area contributed by atoms with Gasteiger partial charge in [-0.2, -0.15) is 4.31 Å². The van der Waals surface area contributed by atoms with Gasteiger partial charge in [0, 0.05) is 18.7 Å². The van der Waals surface area contributed by atoms with Gasteiger partial charge in [-0.1, -0.05) is 26.0 Å². The molecular formula is C18H21N3O4S. The molecule has 0 aliphatic rings. The molecule has 0 fully saturated rings. The maximum absolute atomic E-state index is 12.5. The Balaban J connectivity index is 2.24. The number of sulfonamides is 1. The Morgan fingerprint density at radius 2 is 1.58 bits per heavy atom. The second kappa shape index (κ2) is 8.11. The van der Waals surface area contributed by atoms with Gasteiger partial charge in [-0.3, -0.25) is 9.59 Å². The molecule has 0 unspecified atom stereocenters. The smallest absolute Gasteiger partial charge is 0.255 e. The van der Waals surface area contributed by atoms with E-state index in [-0.39, 0.29) is 16.0 Å². The molecule has 2 aromatic rings. The van der Waals surface area contributed by atoms with Crippen molar-refractivity contribution in [1.29, 1.82) is 0 Å². The van der Waals surface area contributed by atoms with Gasteiger partial charge in [-0.05, 0) is 36.4 Å². The summed E-state index contributed by atoms with van der Waals surface area (Å²) in [5.74, 6) is -1.12. The van der Waals surface area contributed by atoms with Crippen molar-refractivity contribution >= 4 is 27.5 Å². The fourth-order valence-electron chi connectivity index (χ4n) is 2.49. The Labute approximate surface area is 152 Å². The summed E-state index contributed by atoms with van der Waals surface area (Å²) in [4.78, 5) is 23.9. The standard InChI is InChI=1S/C18H21N3O4S/c1-3-21(4-2)26(24,25)14-11-9-13(10-12-14)18(23)20-16-8-6-5-7-15(16)17(19)22/h5-12H,3-4H2,1-2H3,(H2,19,22)(H,20,23). The minimum atomic E-state index is -3.58. The predicted octanol–water partition coefficient (Wildman–Crippen LogP) is 2.07. The maximum atomic E-state index is 12.5. The fourth-order valence-corrected chi connectivity index (χ4v) is 3.95. The van der Waals surface area contributed by atoms with E-state index >= 15 is 0 Å². The summed E-state index contributed by atoms with van der Waals surface area (Å²) in [6, 6.07) is 12.0. The number of nitrogens with two attached hydrogens (primary N) is 1. The van der Waals surface area contributed by atoms with Crippen molar-refractivity contribution in [3.8, 4) is 0 Å². The van der Waals surface area contributed by atoms with E-state index in [4.69, 9.17) is 5.73 Å². The van der Waals surface area contributed by atoms with Crippen LogP contribution in [-0.2, 0) is 10.0 Å². The largest absolute Gasteiger partial charge is 0.366 e. The van der Waals surface area contributed by atoms with Crippen molar-refractivity contribution in [3.63, 3.8) is 0 Å². The van der Waals surface area contributed by atoms with E-state index in [1.54, 1.807) is 32.0 Å². The molecule has 0 saturated heterocycles. The third-order valence-electron chi connectivity index (χ3n) is 3.90. The van der Waals surface area contributed by atoms with Crippen LogP contribution in [-0.4, -0.2) is 37.6 Å². The number of anilines is 1. The summed E-state index contributed by atoms with van der Waals surface area (Å²) in [5, 5.41) is 2.61. The highest BCUT2D eigenvalue weighted by atomic mass is 32.2. The summed E-state index contributed by atoms with van der Waals surface area (Å²) in [7, 11) is -3.58. The molecule has 0 atom stereocenters. The summed E-state index contributed by atoms with van der Waals surface area (Å²) in [5.41, 5.74) is 6.05. The minimum absolute atomic E-state index is 0.121. The van der Waals surface area contributed by atoms with Crippen LogP contribution in [0.3, 0.4) is 0 Å². The number of nitrogens with zero attached hydrogens (tertiary/aromatic N) is 1. The van der Waals surface area contributed by atoms with Crippen LogP contribution >= 0.6 is 0 Å². The van der Waals surface area contributed by atoms with Crippen molar-refractivity contribution in [2.45, 2.75) is 18.7 Å². The number of amides is 2. The number of hydrogen-bond acceptors (Lipinski definition) is 4. The van der Waals surface area contributed by atoms with Crippen LogP contribution < -0.4 is 11.1 Å². The van der Waals surface area contributed by atoms with Crippen molar-refractivity contribution < 1.29 is 18.0 Å². The molecule has 2 amide bonds. The summed E-state index contributed by atoms with van der Waals surface area (Å²) in [6.45, 7) is 4.26. The lowest BCUT2D eigenvalue weighted by Crippen LogP contribution is -2.30. The molecule has 0 bridgehead atoms. The summed E-state index contributed by atoms with van der Waals surface area (Å²) < 4.78 is 26.3. The number of hydrogen-bond donors (Lipinski definition) is 2. The van der Waals surface area contributed by atoms with E-state index < -0.39 is 21.8 Å². The van der Waals surface area contributed by atoms with Crippen LogP contribution in [0, 0.1) is 0 Å². The average molecular weight is 375 g/mol.